The molecule has 204 valence electrons. The Morgan fingerprint density at radius 3 is 2.23 bits per heavy atom. The zero-order valence-corrected chi connectivity index (χ0v) is 22.9. The van der Waals surface area contributed by atoms with E-state index in [1.54, 1.807) is 0 Å². The Morgan fingerprint density at radius 1 is 0.800 bits per heavy atom. The summed E-state index contributed by atoms with van der Waals surface area (Å²) in [5.41, 5.74) is 4.17. The van der Waals surface area contributed by atoms with E-state index < -0.39 is 11.8 Å². The van der Waals surface area contributed by atoms with Crippen molar-refractivity contribution in [3.05, 3.63) is 107 Å². The maximum atomic E-state index is 13.9. The number of hydrogen-bond donors (Lipinski definition) is 0. The van der Waals surface area contributed by atoms with Crippen molar-refractivity contribution in [2.45, 2.75) is 69.8 Å². The van der Waals surface area contributed by atoms with Gasteiger partial charge in [0.15, 0.2) is 5.78 Å². The molecule has 5 nitrogen and oxygen atoms in total. The number of esters is 1. The van der Waals surface area contributed by atoms with Crippen LogP contribution >= 0.6 is 0 Å². The van der Waals surface area contributed by atoms with Crippen LogP contribution in [0.25, 0.3) is 0 Å². The lowest BCUT2D eigenvalue weighted by molar-refractivity contribution is -0.153. The van der Waals surface area contributed by atoms with Crippen LogP contribution in [0.3, 0.4) is 0 Å². The number of Topliss-reactive ketones (excluding diaryl/α,β-unsaturated/α-hetero) is 1. The highest BCUT2D eigenvalue weighted by molar-refractivity contribution is 6.09. The third-order valence-electron chi connectivity index (χ3n) is 8.44. The van der Waals surface area contributed by atoms with Gasteiger partial charge in [0.25, 0.3) is 0 Å². The number of carbonyl (C=O) groups excluding carboxylic acids is 2. The highest BCUT2D eigenvalue weighted by Crippen LogP contribution is 2.47. The third-order valence-corrected chi connectivity index (χ3v) is 8.44. The molecule has 5 heteroatoms. The van der Waals surface area contributed by atoms with Gasteiger partial charge in [0.05, 0.1) is 0 Å². The quantitative estimate of drug-likeness (QED) is 0.302. The second-order valence-corrected chi connectivity index (χ2v) is 11.2. The van der Waals surface area contributed by atoms with Crippen LogP contribution in [0.5, 0.6) is 11.5 Å². The van der Waals surface area contributed by atoms with Crippen molar-refractivity contribution in [3.8, 4) is 11.5 Å². The van der Waals surface area contributed by atoms with E-state index in [1.165, 1.54) is 6.42 Å². The maximum absolute atomic E-state index is 13.9. The maximum Gasteiger partial charge on any atom is 0.315 e. The summed E-state index contributed by atoms with van der Waals surface area (Å²) in [6.07, 6.45) is 6.13. The van der Waals surface area contributed by atoms with Crippen molar-refractivity contribution >= 4 is 17.5 Å². The molecule has 0 aromatic heterocycles. The van der Waals surface area contributed by atoms with E-state index in [4.69, 9.17) is 14.5 Å². The molecule has 3 aliphatic rings. The zero-order chi connectivity index (χ0) is 27.5. The summed E-state index contributed by atoms with van der Waals surface area (Å²) in [6.45, 7) is 1.91. The van der Waals surface area contributed by atoms with Gasteiger partial charge in [-0.05, 0) is 80.3 Å². The molecule has 40 heavy (non-hydrogen) atoms. The van der Waals surface area contributed by atoms with Gasteiger partial charge in [-0.1, -0.05) is 67.1 Å². The summed E-state index contributed by atoms with van der Waals surface area (Å²) in [7, 11) is 0. The molecule has 3 aromatic rings. The molecule has 1 saturated carbocycles. The minimum atomic E-state index is -0.648. The molecule has 1 aliphatic heterocycles. The van der Waals surface area contributed by atoms with Crippen LogP contribution in [-0.2, 0) is 14.3 Å². The number of nitrogens with zero attached hydrogens (tertiary/aromatic N) is 1. The predicted molar refractivity (Wildman–Crippen MR) is 156 cm³/mol. The van der Waals surface area contributed by atoms with Crippen molar-refractivity contribution in [2.75, 3.05) is 0 Å². The molecule has 3 atom stereocenters. The largest absolute Gasteiger partial charge is 0.462 e. The fourth-order valence-electron chi connectivity index (χ4n) is 6.50. The van der Waals surface area contributed by atoms with Crippen LogP contribution in [0.1, 0.15) is 74.8 Å². The minimum absolute atomic E-state index is 0.0567. The third kappa shape index (κ3) is 5.51. The number of rotatable bonds is 6. The van der Waals surface area contributed by atoms with E-state index in [0.717, 1.165) is 48.3 Å². The van der Waals surface area contributed by atoms with Crippen LogP contribution in [0.15, 0.2) is 101 Å². The molecule has 0 radical (unpaired) electrons. The van der Waals surface area contributed by atoms with Gasteiger partial charge >= 0.3 is 5.97 Å². The fourth-order valence-corrected chi connectivity index (χ4v) is 6.50. The number of hydrogen-bond acceptors (Lipinski definition) is 5. The Kier molecular flexibility index (Phi) is 7.63. The zero-order valence-electron chi connectivity index (χ0n) is 22.9. The number of ketones is 1. The number of allylic oxidation sites excluding steroid dienone is 2. The molecule has 0 bridgehead atoms. The van der Waals surface area contributed by atoms with Crippen molar-refractivity contribution in [1.29, 1.82) is 0 Å². The summed E-state index contributed by atoms with van der Waals surface area (Å²) >= 11 is 0. The van der Waals surface area contributed by atoms with E-state index in [0.29, 0.717) is 29.9 Å². The van der Waals surface area contributed by atoms with E-state index in [-0.39, 0.29) is 23.8 Å². The second kappa shape index (κ2) is 11.6. The predicted octanol–water partition coefficient (Wildman–Crippen LogP) is 7.93. The van der Waals surface area contributed by atoms with Gasteiger partial charge < -0.3 is 9.47 Å². The summed E-state index contributed by atoms with van der Waals surface area (Å²) in [5.74, 6) is 0.128. The molecule has 1 heterocycles. The standard InChI is InChI=1S/C35H35NO4/c1-23-32(35(38)40-28-17-9-4-10-18-28)33(25-14-11-19-29(20-25)39-27-15-7-3-8-16-27)34-30(36-23)21-26(22-31(34)37)24-12-5-2-6-13-24/h2-3,5-8,11-16,19-20,26,28,32-33H,4,9-10,17-18,21-22H2,1H3/t26-,32?,33+/m1/s1. The van der Waals surface area contributed by atoms with E-state index in [9.17, 15) is 9.59 Å². The minimum Gasteiger partial charge on any atom is -0.462 e. The lowest BCUT2D eigenvalue weighted by Gasteiger charge is -2.37. The van der Waals surface area contributed by atoms with Gasteiger partial charge in [0.1, 0.15) is 23.5 Å². The Hall–Kier alpha value is -3.99. The van der Waals surface area contributed by atoms with E-state index >= 15 is 0 Å². The van der Waals surface area contributed by atoms with Crippen molar-refractivity contribution in [2.24, 2.45) is 10.9 Å². The topological polar surface area (TPSA) is 65.0 Å². The molecular weight excluding hydrogens is 498 g/mol. The van der Waals surface area contributed by atoms with Crippen LogP contribution in [0.2, 0.25) is 0 Å². The Labute approximate surface area is 235 Å². The highest BCUT2D eigenvalue weighted by atomic mass is 16.5. The number of para-hydroxylation sites is 1. The molecule has 0 spiro atoms. The monoisotopic (exact) mass is 533 g/mol. The molecule has 0 saturated heterocycles. The molecule has 6 rings (SSSR count). The highest BCUT2D eigenvalue weighted by Gasteiger charge is 2.45. The van der Waals surface area contributed by atoms with Crippen molar-refractivity contribution in [3.63, 3.8) is 0 Å². The average Bonchev–Trinajstić information content (AvgIpc) is 2.98. The number of ether oxygens (including phenoxy) is 2. The molecule has 2 aliphatic carbocycles. The first-order valence-corrected chi connectivity index (χ1v) is 14.5. The number of aliphatic imine (C=N–C) groups is 1. The van der Waals surface area contributed by atoms with Crippen LogP contribution in [0.4, 0.5) is 0 Å². The van der Waals surface area contributed by atoms with E-state index in [1.807, 2.05) is 79.7 Å². The van der Waals surface area contributed by atoms with Crippen molar-refractivity contribution < 1.29 is 19.1 Å². The SMILES string of the molecule is CC1=NC2=C(C(=O)C[C@H](c3ccccc3)C2)[C@@H](c2cccc(Oc3ccccc3)c2)C1C(=O)OC1CCCCC1. The molecule has 0 N–H and O–H groups in total. The van der Waals surface area contributed by atoms with Gasteiger partial charge in [0.2, 0.25) is 0 Å². The lowest BCUT2D eigenvalue weighted by Crippen LogP contribution is -2.39. The molecule has 1 fully saturated rings. The summed E-state index contributed by atoms with van der Waals surface area (Å²) in [4.78, 5) is 32.7. The second-order valence-electron chi connectivity index (χ2n) is 11.2. The smallest absolute Gasteiger partial charge is 0.315 e. The fraction of sp³-hybridized carbons (Fsp3) is 0.343. The molecule has 3 aromatic carbocycles. The molecule has 0 amide bonds. The summed E-state index contributed by atoms with van der Waals surface area (Å²) in [6, 6.07) is 27.6. The summed E-state index contributed by atoms with van der Waals surface area (Å²) in [5, 5.41) is 0. The van der Waals surface area contributed by atoms with Gasteiger partial charge in [-0.25, -0.2) is 0 Å². The first-order chi connectivity index (χ1) is 19.6. The van der Waals surface area contributed by atoms with Crippen LogP contribution < -0.4 is 4.74 Å². The number of benzene rings is 3. The van der Waals surface area contributed by atoms with Gasteiger partial charge in [-0.15, -0.1) is 0 Å². The van der Waals surface area contributed by atoms with Crippen LogP contribution in [-0.4, -0.2) is 23.6 Å². The lowest BCUT2D eigenvalue weighted by atomic mass is 9.69. The Bertz CT molecular complexity index is 1440. The van der Waals surface area contributed by atoms with Crippen LogP contribution in [0, 0.1) is 5.92 Å². The van der Waals surface area contributed by atoms with Gasteiger partial charge in [-0.3, -0.25) is 14.6 Å². The summed E-state index contributed by atoms with van der Waals surface area (Å²) < 4.78 is 12.2. The van der Waals surface area contributed by atoms with Crippen molar-refractivity contribution in [1.82, 2.24) is 0 Å². The average molecular weight is 534 g/mol. The molecular formula is C35H35NO4. The van der Waals surface area contributed by atoms with Gasteiger partial charge in [-0.2, -0.15) is 0 Å². The first-order valence-electron chi connectivity index (χ1n) is 14.5. The Morgan fingerprint density at radius 2 is 1.48 bits per heavy atom. The normalized spacial score (nSPS) is 23.3. The Balaban J connectivity index is 1.38. The number of carbonyl (C=O) groups is 2. The van der Waals surface area contributed by atoms with Gasteiger partial charge in [0, 0.05) is 29.3 Å². The molecule has 1 unspecified atom stereocenters. The first kappa shape index (κ1) is 26.2. The van der Waals surface area contributed by atoms with E-state index in [2.05, 4.69) is 12.1 Å².